The van der Waals surface area contributed by atoms with Crippen LogP contribution in [0.4, 0.5) is 0 Å². The van der Waals surface area contributed by atoms with E-state index in [0.717, 1.165) is 39.3 Å². The van der Waals surface area contributed by atoms with Crippen LogP contribution in [0.3, 0.4) is 0 Å². The molecule has 0 aliphatic carbocycles. The lowest BCUT2D eigenvalue weighted by atomic mass is 9.88. The molecule has 1 amide bonds. The Balaban J connectivity index is 0.00000156. The highest BCUT2D eigenvalue weighted by atomic mass is 35.5. The molecule has 2 fully saturated rings. The minimum atomic E-state index is 0. The number of benzene rings is 1. The second-order valence-electron chi connectivity index (χ2n) is 6.67. The maximum Gasteiger partial charge on any atom is 0.223 e. The van der Waals surface area contributed by atoms with Gasteiger partial charge in [-0.2, -0.15) is 0 Å². The van der Waals surface area contributed by atoms with Crippen LogP contribution in [0.2, 0.25) is 0 Å². The van der Waals surface area contributed by atoms with Gasteiger partial charge in [0.2, 0.25) is 5.91 Å². The fraction of sp³-hybridized carbons (Fsp3) is 0.611. The van der Waals surface area contributed by atoms with Gasteiger partial charge in [-0.1, -0.05) is 37.3 Å². The van der Waals surface area contributed by atoms with Crippen molar-refractivity contribution >= 4 is 30.7 Å². The first-order chi connectivity index (χ1) is 11.2. The minimum Gasteiger partial charge on any atom is -0.374 e. The third-order valence-electron chi connectivity index (χ3n) is 4.91. The maximum absolute atomic E-state index is 12.2. The molecule has 2 N–H and O–H groups in total. The molecule has 2 aliphatic rings. The van der Waals surface area contributed by atoms with E-state index in [4.69, 9.17) is 4.74 Å². The van der Waals surface area contributed by atoms with E-state index in [1.165, 1.54) is 5.56 Å². The molecule has 1 aromatic rings. The maximum atomic E-state index is 12.2. The molecule has 0 spiro atoms. The lowest BCUT2D eigenvalue weighted by Gasteiger charge is -2.34. The van der Waals surface area contributed by atoms with Crippen LogP contribution in [-0.2, 0) is 16.1 Å². The number of carbonyl (C=O) groups is 1. The first kappa shape index (κ1) is 22.2. The van der Waals surface area contributed by atoms with Crippen LogP contribution in [0, 0.1) is 11.8 Å². The standard InChI is InChI=1S/C18H27N3O2.2ClH/c1-14(16-9-19-10-16)18(22)20-11-17-13-21(7-8-23-17)12-15-5-3-2-4-6-15;;/h2-6,14,16-17,19H,7-13H2,1H3,(H,20,22);2*1H. The predicted octanol–water partition coefficient (Wildman–Crippen LogP) is 1.70. The van der Waals surface area contributed by atoms with E-state index >= 15 is 0 Å². The molecule has 0 bridgehead atoms. The summed E-state index contributed by atoms with van der Waals surface area (Å²) >= 11 is 0. The van der Waals surface area contributed by atoms with Gasteiger partial charge >= 0.3 is 0 Å². The number of nitrogens with zero attached hydrogens (tertiary/aromatic N) is 1. The van der Waals surface area contributed by atoms with Gasteiger partial charge in [-0.25, -0.2) is 0 Å². The van der Waals surface area contributed by atoms with E-state index in [2.05, 4.69) is 39.8 Å². The number of carbonyl (C=O) groups excluding carboxylic acids is 1. The molecule has 0 aromatic heterocycles. The van der Waals surface area contributed by atoms with Gasteiger partial charge < -0.3 is 15.4 Å². The molecule has 5 nitrogen and oxygen atoms in total. The van der Waals surface area contributed by atoms with Crippen LogP contribution in [0.1, 0.15) is 12.5 Å². The predicted molar refractivity (Wildman–Crippen MR) is 104 cm³/mol. The number of halogens is 2. The Labute approximate surface area is 162 Å². The molecule has 25 heavy (non-hydrogen) atoms. The van der Waals surface area contributed by atoms with Crippen molar-refractivity contribution in [2.75, 3.05) is 39.3 Å². The SMILES string of the molecule is CC(C(=O)NCC1CN(Cc2ccccc2)CCO1)C1CNC1.Cl.Cl. The second kappa shape index (κ2) is 11.0. The third kappa shape index (κ3) is 6.42. The van der Waals surface area contributed by atoms with Crippen molar-refractivity contribution < 1.29 is 9.53 Å². The number of amides is 1. The Morgan fingerprint density at radius 1 is 1.32 bits per heavy atom. The van der Waals surface area contributed by atoms with Crippen molar-refractivity contribution in [3.05, 3.63) is 35.9 Å². The van der Waals surface area contributed by atoms with Crippen molar-refractivity contribution in [2.45, 2.75) is 19.6 Å². The summed E-state index contributed by atoms with van der Waals surface area (Å²) in [5, 5.41) is 6.29. The lowest BCUT2D eigenvalue weighted by molar-refractivity contribution is -0.127. The topological polar surface area (TPSA) is 53.6 Å². The zero-order chi connectivity index (χ0) is 16.1. The van der Waals surface area contributed by atoms with Gasteiger partial charge in [-0.15, -0.1) is 24.8 Å². The number of rotatable bonds is 6. The molecular formula is C18H29Cl2N3O2. The number of morpholine rings is 1. The molecule has 2 unspecified atom stereocenters. The first-order valence-corrected chi connectivity index (χ1v) is 8.58. The van der Waals surface area contributed by atoms with Crippen molar-refractivity contribution in [1.29, 1.82) is 0 Å². The normalized spacial score (nSPS) is 22.0. The van der Waals surface area contributed by atoms with Crippen molar-refractivity contribution in [3.63, 3.8) is 0 Å². The summed E-state index contributed by atoms with van der Waals surface area (Å²) in [6.07, 6.45) is 0.0862. The molecule has 7 heteroatoms. The van der Waals surface area contributed by atoms with E-state index in [1.54, 1.807) is 0 Å². The highest BCUT2D eigenvalue weighted by molar-refractivity contribution is 5.85. The fourth-order valence-corrected chi connectivity index (χ4v) is 3.14. The number of hydrogen-bond acceptors (Lipinski definition) is 4. The summed E-state index contributed by atoms with van der Waals surface area (Å²) < 4.78 is 5.81. The number of ether oxygens (including phenoxy) is 1. The van der Waals surface area contributed by atoms with Crippen LogP contribution < -0.4 is 10.6 Å². The number of nitrogens with one attached hydrogen (secondary N) is 2. The molecule has 142 valence electrons. The summed E-state index contributed by atoms with van der Waals surface area (Å²) in [6, 6.07) is 10.5. The van der Waals surface area contributed by atoms with Gasteiger partial charge in [0.05, 0.1) is 12.7 Å². The van der Waals surface area contributed by atoms with Crippen molar-refractivity contribution in [1.82, 2.24) is 15.5 Å². The lowest BCUT2D eigenvalue weighted by Crippen LogP contribution is -2.52. The average molecular weight is 390 g/mol. The van der Waals surface area contributed by atoms with Crippen LogP contribution in [0.5, 0.6) is 0 Å². The van der Waals surface area contributed by atoms with E-state index in [-0.39, 0.29) is 42.7 Å². The van der Waals surface area contributed by atoms with Crippen molar-refractivity contribution in [2.24, 2.45) is 11.8 Å². The zero-order valence-corrected chi connectivity index (χ0v) is 16.3. The van der Waals surface area contributed by atoms with Crippen LogP contribution in [0.15, 0.2) is 30.3 Å². The molecule has 2 heterocycles. The van der Waals surface area contributed by atoms with E-state index < -0.39 is 0 Å². The summed E-state index contributed by atoms with van der Waals surface area (Å²) in [5.41, 5.74) is 1.32. The molecule has 2 atom stereocenters. The molecule has 0 saturated carbocycles. The highest BCUT2D eigenvalue weighted by Crippen LogP contribution is 2.16. The van der Waals surface area contributed by atoms with Gasteiger partial charge in [0, 0.05) is 32.1 Å². The Morgan fingerprint density at radius 2 is 2.04 bits per heavy atom. The van der Waals surface area contributed by atoms with Crippen molar-refractivity contribution in [3.8, 4) is 0 Å². The molecule has 3 rings (SSSR count). The molecule has 1 aromatic carbocycles. The molecule has 2 aliphatic heterocycles. The average Bonchev–Trinajstić information content (AvgIpc) is 2.52. The monoisotopic (exact) mass is 389 g/mol. The van der Waals surface area contributed by atoms with Gasteiger partial charge in [-0.3, -0.25) is 9.69 Å². The van der Waals surface area contributed by atoms with E-state index in [9.17, 15) is 4.79 Å². The quantitative estimate of drug-likeness (QED) is 0.777. The largest absolute Gasteiger partial charge is 0.374 e. The van der Waals surface area contributed by atoms with Crippen LogP contribution in [0.25, 0.3) is 0 Å². The second-order valence-corrected chi connectivity index (χ2v) is 6.67. The molecular weight excluding hydrogens is 361 g/mol. The Hall–Kier alpha value is -0.850. The minimum absolute atomic E-state index is 0. The van der Waals surface area contributed by atoms with Gasteiger partial charge in [-0.05, 0) is 24.6 Å². The van der Waals surface area contributed by atoms with E-state index in [0.29, 0.717) is 12.5 Å². The summed E-state index contributed by atoms with van der Waals surface area (Å²) in [7, 11) is 0. The third-order valence-corrected chi connectivity index (χ3v) is 4.91. The van der Waals surface area contributed by atoms with Gasteiger partial charge in [0.1, 0.15) is 0 Å². The highest BCUT2D eigenvalue weighted by Gasteiger charge is 2.29. The summed E-state index contributed by atoms with van der Waals surface area (Å²) in [4.78, 5) is 14.6. The Bertz CT molecular complexity index is 514. The Morgan fingerprint density at radius 3 is 2.68 bits per heavy atom. The fourth-order valence-electron chi connectivity index (χ4n) is 3.14. The Kier molecular flexibility index (Phi) is 9.75. The number of hydrogen-bond donors (Lipinski definition) is 2. The van der Waals surface area contributed by atoms with Gasteiger partial charge in [0.15, 0.2) is 0 Å². The first-order valence-electron chi connectivity index (χ1n) is 8.58. The van der Waals surface area contributed by atoms with E-state index in [1.807, 2.05) is 13.0 Å². The molecule has 0 radical (unpaired) electrons. The zero-order valence-electron chi connectivity index (χ0n) is 14.6. The smallest absolute Gasteiger partial charge is 0.223 e. The summed E-state index contributed by atoms with van der Waals surface area (Å²) in [5.74, 6) is 0.720. The van der Waals surface area contributed by atoms with Crippen LogP contribution >= 0.6 is 24.8 Å². The molecule has 2 saturated heterocycles. The summed E-state index contributed by atoms with van der Waals surface area (Å²) in [6.45, 7) is 8.03. The van der Waals surface area contributed by atoms with Gasteiger partial charge in [0.25, 0.3) is 0 Å². The van der Waals surface area contributed by atoms with Crippen LogP contribution in [-0.4, -0.2) is 56.2 Å².